The van der Waals surface area contributed by atoms with Gasteiger partial charge < -0.3 is 19.7 Å². The van der Waals surface area contributed by atoms with E-state index < -0.39 is 5.60 Å². The molecule has 4 saturated carbocycles. The van der Waals surface area contributed by atoms with Crippen LogP contribution in [0.25, 0.3) is 0 Å². The molecule has 31 heavy (non-hydrogen) atoms. The minimum atomic E-state index is -0.516. The van der Waals surface area contributed by atoms with Crippen molar-refractivity contribution in [2.75, 3.05) is 7.11 Å². The van der Waals surface area contributed by atoms with Gasteiger partial charge in [-0.25, -0.2) is 0 Å². The number of amides is 1. The summed E-state index contributed by atoms with van der Waals surface area (Å²) >= 11 is 0. The van der Waals surface area contributed by atoms with E-state index in [1.165, 1.54) is 0 Å². The summed E-state index contributed by atoms with van der Waals surface area (Å²) in [6, 6.07) is 8.98. The number of nitrogens with one attached hydrogen (secondary N) is 1. The molecule has 6 heteroatoms. The number of carbonyl (C=O) groups excluding carboxylic acids is 2. The summed E-state index contributed by atoms with van der Waals surface area (Å²) in [6.07, 6.45) is 6.54. The molecular weight excluding hydrogens is 392 g/mol. The quantitative estimate of drug-likeness (QED) is 0.701. The first kappa shape index (κ1) is 20.5. The normalized spacial score (nSPS) is 31.1. The lowest BCUT2D eigenvalue weighted by molar-refractivity contribution is -0.136. The molecule has 4 bridgehead atoms. The standard InChI is InChI=1S/C25H30N2O4/c1-27-7-3-4-21(27)23(28)16-5-6-20(19(10-16)14-31-2)24(29)26-22-17-8-15-9-18(22)13-25(30,11-15)12-17/h3-7,10,15,17-18,22,30H,8-9,11-14H2,1-2H3,(H,26,29). The summed E-state index contributed by atoms with van der Waals surface area (Å²) in [7, 11) is 3.43. The van der Waals surface area contributed by atoms with Crippen LogP contribution in [-0.4, -0.2) is 40.1 Å². The maximum atomic E-state index is 13.3. The number of hydrogen-bond acceptors (Lipinski definition) is 4. The summed E-state index contributed by atoms with van der Waals surface area (Å²) in [4.78, 5) is 26.2. The Labute approximate surface area is 182 Å². The van der Waals surface area contributed by atoms with Crippen LogP contribution in [0.15, 0.2) is 36.5 Å². The van der Waals surface area contributed by atoms with Gasteiger partial charge >= 0.3 is 0 Å². The van der Waals surface area contributed by atoms with Gasteiger partial charge in [0, 0.05) is 37.5 Å². The summed E-state index contributed by atoms with van der Waals surface area (Å²) in [5, 5.41) is 14.1. The van der Waals surface area contributed by atoms with Gasteiger partial charge in [0.15, 0.2) is 0 Å². The third-order valence-electron chi connectivity index (χ3n) is 7.63. The highest BCUT2D eigenvalue weighted by atomic mass is 16.5. The van der Waals surface area contributed by atoms with Crippen molar-refractivity contribution in [2.45, 2.75) is 50.4 Å². The first-order valence-electron chi connectivity index (χ1n) is 11.2. The van der Waals surface area contributed by atoms with Gasteiger partial charge in [0.25, 0.3) is 5.91 Å². The molecule has 0 spiro atoms. The second-order valence-corrected chi connectivity index (χ2v) is 9.83. The number of rotatable bonds is 6. The lowest BCUT2D eigenvalue weighted by atomic mass is 9.52. The molecule has 1 amide bonds. The van der Waals surface area contributed by atoms with Gasteiger partial charge in [-0.3, -0.25) is 9.59 Å². The number of hydrogen-bond donors (Lipinski definition) is 2. The fourth-order valence-corrected chi connectivity index (χ4v) is 6.52. The Morgan fingerprint density at radius 2 is 1.94 bits per heavy atom. The fourth-order valence-electron chi connectivity index (χ4n) is 6.52. The zero-order chi connectivity index (χ0) is 21.8. The Kier molecular flexibility index (Phi) is 5.02. The van der Waals surface area contributed by atoms with Crippen molar-refractivity contribution in [1.82, 2.24) is 9.88 Å². The summed E-state index contributed by atoms with van der Waals surface area (Å²) in [5.41, 5.74) is 1.90. The van der Waals surface area contributed by atoms with E-state index in [0.29, 0.717) is 40.1 Å². The number of methoxy groups -OCH3 is 1. The molecule has 2 N–H and O–H groups in total. The lowest BCUT2D eigenvalue weighted by Gasteiger charge is -2.58. The molecule has 4 aliphatic rings. The first-order valence-corrected chi connectivity index (χ1v) is 11.2. The molecule has 6 nitrogen and oxygen atoms in total. The van der Waals surface area contributed by atoms with E-state index in [-0.39, 0.29) is 24.3 Å². The second-order valence-electron chi connectivity index (χ2n) is 9.83. The molecule has 6 rings (SSSR count). The maximum Gasteiger partial charge on any atom is 0.251 e. The van der Waals surface area contributed by atoms with E-state index >= 15 is 0 Å². The van der Waals surface area contributed by atoms with Gasteiger partial charge in [0.1, 0.15) is 0 Å². The SMILES string of the molecule is COCc1cc(C(=O)c2cccn2C)ccc1C(=O)NC1C2CC3CC1CC(O)(C3)C2. The van der Waals surface area contributed by atoms with Gasteiger partial charge in [-0.15, -0.1) is 0 Å². The fraction of sp³-hybridized carbons (Fsp3) is 0.520. The molecule has 0 saturated heterocycles. The smallest absolute Gasteiger partial charge is 0.251 e. The first-order chi connectivity index (χ1) is 14.9. The van der Waals surface area contributed by atoms with Gasteiger partial charge in [0.2, 0.25) is 5.78 Å². The predicted octanol–water partition coefficient (Wildman–Crippen LogP) is 3.07. The molecule has 0 radical (unpaired) electrons. The number of aromatic nitrogens is 1. The monoisotopic (exact) mass is 422 g/mol. The van der Waals surface area contributed by atoms with Crippen LogP contribution in [0.2, 0.25) is 0 Å². The molecule has 1 heterocycles. The lowest BCUT2D eigenvalue weighted by Crippen LogP contribution is -2.61. The highest BCUT2D eigenvalue weighted by Crippen LogP contribution is 2.55. The average molecular weight is 423 g/mol. The Morgan fingerprint density at radius 1 is 1.19 bits per heavy atom. The number of aliphatic hydroxyl groups is 1. The van der Waals surface area contributed by atoms with Crippen LogP contribution < -0.4 is 5.32 Å². The van der Waals surface area contributed by atoms with Crippen LogP contribution in [0.3, 0.4) is 0 Å². The number of carbonyl (C=O) groups is 2. The molecule has 4 fully saturated rings. The van der Waals surface area contributed by atoms with Crippen LogP contribution in [0.4, 0.5) is 0 Å². The summed E-state index contributed by atoms with van der Waals surface area (Å²) in [6.45, 7) is 0.260. The van der Waals surface area contributed by atoms with Crippen LogP contribution >= 0.6 is 0 Å². The van der Waals surface area contributed by atoms with Crippen molar-refractivity contribution in [3.05, 3.63) is 58.9 Å². The van der Waals surface area contributed by atoms with E-state index in [2.05, 4.69) is 5.32 Å². The number of ketones is 1. The van der Waals surface area contributed by atoms with Crippen molar-refractivity contribution in [1.29, 1.82) is 0 Å². The van der Waals surface area contributed by atoms with Gasteiger partial charge in [0.05, 0.1) is 17.9 Å². The average Bonchev–Trinajstić information content (AvgIpc) is 3.15. The van der Waals surface area contributed by atoms with E-state index in [0.717, 1.165) is 32.1 Å². The molecule has 1 aromatic carbocycles. The number of benzene rings is 1. The third kappa shape index (κ3) is 3.62. The minimum absolute atomic E-state index is 0.0777. The van der Waals surface area contributed by atoms with E-state index in [4.69, 9.17) is 4.74 Å². The van der Waals surface area contributed by atoms with Crippen molar-refractivity contribution in [3.63, 3.8) is 0 Å². The van der Waals surface area contributed by atoms with Crippen molar-refractivity contribution >= 4 is 11.7 Å². The Morgan fingerprint density at radius 3 is 2.55 bits per heavy atom. The largest absolute Gasteiger partial charge is 0.390 e. The Hall–Kier alpha value is -2.44. The second kappa shape index (κ2) is 7.61. The van der Waals surface area contributed by atoms with Crippen molar-refractivity contribution in [2.24, 2.45) is 24.8 Å². The third-order valence-corrected chi connectivity index (χ3v) is 7.63. The zero-order valence-electron chi connectivity index (χ0n) is 18.1. The van der Waals surface area contributed by atoms with Crippen molar-refractivity contribution < 1.29 is 19.4 Å². The summed E-state index contributed by atoms with van der Waals surface area (Å²) < 4.78 is 7.13. The van der Waals surface area contributed by atoms with Gasteiger partial charge in [-0.1, -0.05) is 6.07 Å². The number of nitrogens with zero attached hydrogens (tertiary/aromatic N) is 1. The highest BCUT2D eigenvalue weighted by Gasteiger charge is 2.55. The van der Waals surface area contributed by atoms with Crippen LogP contribution in [0.5, 0.6) is 0 Å². The number of aryl methyl sites for hydroxylation is 1. The molecule has 1 aromatic heterocycles. The Bertz CT molecular complexity index is 1010. The van der Waals surface area contributed by atoms with E-state index in [1.54, 1.807) is 35.9 Å². The van der Waals surface area contributed by atoms with Gasteiger partial charge in [-0.05, 0) is 79.7 Å². The molecule has 2 unspecified atom stereocenters. The summed E-state index contributed by atoms with van der Waals surface area (Å²) in [5.74, 6) is 1.11. The van der Waals surface area contributed by atoms with Gasteiger partial charge in [-0.2, -0.15) is 0 Å². The molecular formula is C25H30N2O4. The molecule has 2 atom stereocenters. The predicted molar refractivity (Wildman–Crippen MR) is 116 cm³/mol. The van der Waals surface area contributed by atoms with E-state index in [1.807, 2.05) is 19.3 Å². The molecule has 2 aromatic rings. The van der Waals surface area contributed by atoms with E-state index in [9.17, 15) is 14.7 Å². The van der Waals surface area contributed by atoms with Crippen LogP contribution in [-0.2, 0) is 18.4 Å². The van der Waals surface area contributed by atoms with Crippen LogP contribution in [0.1, 0.15) is 64.1 Å². The Balaban J connectivity index is 1.37. The van der Waals surface area contributed by atoms with Crippen molar-refractivity contribution in [3.8, 4) is 0 Å². The zero-order valence-corrected chi connectivity index (χ0v) is 18.1. The molecule has 0 aliphatic heterocycles. The molecule has 164 valence electrons. The minimum Gasteiger partial charge on any atom is -0.390 e. The molecule has 4 aliphatic carbocycles. The maximum absolute atomic E-state index is 13.3. The topological polar surface area (TPSA) is 80.6 Å². The van der Waals surface area contributed by atoms with Crippen LogP contribution in [0, 0.1) is 17.8 Å². The highest BCUT2D eigenvalue weighted by molar-refractivity contribution is 6.08. The number of ether oxygens (including phenoxy) is 1.